The lowest BCUT2D eigenvalue weighted by Gasteiger charge is -2.18. The quantitative estimate of drug-likeness (QED) is 0.773. The summed E-state index contributed by atoms with van der Waals surface area (Å²) in [6.07, 6.45) is 0.673. The first-order valence-electron chi connectivity index (χ1n) is 8.37. The summed E-state index contributed by atoms with van der Waals surface area (Å²) in [4.78, 5) is 24.3. The van der Waals surface area contributed by atoms with Crippen LogP contribution in [0, 0.1) is 0 Å². The van der Waals surface area contributed by atoms with Gasteiger partial charge in [-0.3, -0.25) is 4.79 Å². The third kappa shape index (κ3) is 4.67. The first kappa shape index (κ1) is 18.7. The molecule has 25 heavy (non-hydrogen) atoms. The first-order valence-corrected chi connectivity index (χ1v) is 8.37. The van der Waals surface area contributed by atoms with Crippen molar-refractivity contribution in [1.82, 2.24) is 5.32 Å². The fourth-order valence-corrected chi connectivity index (χ4v) is 2.66. The topological polar surface area (TPSA) is 75.6 Å². The molecule has 0 unspecified atom stereocenters. The third-order valence-corrected chi connectivity index (χ3v) is 3.94. The summed E-state index contributed by atoms with van der Waals surface area (Å²) in [5, 5.41) is 11.9. The first-order chi connectivity index (χ1) is 12.1. The molecule has 0 aliphatic carbocycles. The maximum atomic E-state index is 12.9. The third-order valence-electron chi connectivity index (χ3n) is 3.94. The van der Waals surface area contributed by atoms with E-state index in [9.17, 15) is 14.7 Å². The molecule has 0 saturated heterocycles. The summed E-state index contributed by atoms with van der Waals surface area (Å²) in [7, 11) is 0. The molecule has 0 saturated carbocycles. The highest BCUT2D eigenvalue weighted by Crippen LogP contribution is 2.26. The second-order valence-corrected chi connectivity index (χ2v) is 5.58. The van der Waals surface area contributed by atoms with E-state index in [0.717, 1.165) is 16.7 Å². The van der Waals surface area contributed by atoms with Gasteiger partial charge in [0, 0.05) is 6.61 Å². The van der Waals surface area contributed by atoms with Crippen molar-refractivity contribution in [1.29, 1.82) is 0 Å². The van der Waals surface area contributed by atoms with Gasteiger partial charge in [0.05, 0.1) is 12.2 Å². The molecule has 1 amide bonds. The number of ether oxygens (including phenoxy) is 1. The van der Waals surface area contributed by atoms with E-state index in [2.05, 4.69) is 5.32 Å². The number of hydrogen-bond donors (Lipinski definition) is 2. The minimum absolute atomic E-state index is 0.0630. The van der Waals surface area contributed by atoms with Gasteiger partial charge in [0.2, 0.25) is 0 Å². The largest absolute Gasteiger partial charge is 0.480 e. The van der Waals surface area contributed by atoms with Crippen molar-refractivity contribution in [2.45, 2.75) is 26.3 Å². The molecule has 0 heterocycles. The van der Waals surface area contributed by atoms with Gasteiger partial charge in [-0.25, -0.2) is 4.79 Å². The SMILES string of the molecule is CCOC[C@H](NC(=O)c1c(CC)cccc1-c1ccccc1)C(=O)O. The number of aryl methyl sites for hydroxylation is 1. The Hall–Kier alpha value is -2.66. The number of benzene rings is 2. The Morgan fingerprint density at radius 2 is 1.80 bits per heavy atom. The van der Waals surface area contributed by atoms with Gasteiger partial charge in [0.15, 0.2) is 6.04 Å². The molecule has 1 atom stereocenters. The lowest BCUT2D eigenvalue weighted by Crippen LogP contribution is -2.44. The van der Waals surface area contributed by atoms with E-state index < -0.39 is 17.9 Å². The number of amides is 1. The van der Waals surface area contributed by atoms with Crippen LogP contribution in [0.15, 0.2) is 48.5 Å². The standard InChI is InChI=1S/C20H23NO4/c1-3-14-11-8-12-16(15-9-6-5-7-10-15)18(14)19(22)21-17(20(23)24)13-25-4-2/h5-12,17H,3-4,13H2,1-2H3,(H,21,22)(H,23,24)/t17-/m0/s1. The van der Waals surface area contributed by atoms with Crippen LogP contribution in [0.1, 0.15) is 29.8 Å². The molecule has 0 aliphatic heterocycles. The van der Waals surface area contributed by atoms with Crippen molar-refractivity contribution in [3.8, 4) is 11.1 Å². The molecule has 2 N–H and O–H groups in total. The highest BCUT2D eigenvalue weighted by atomic mass is 16.5. The van der Waals surface area contributed by atoms with Gasteiger partial charge in [-0.2, -0.15) is 0 Å². The molecule has 5 nitrogen and oxygen atoms in total. The van der Waals surface area contributed by atoms with Crippen LogP contribution in [0.4, 0.5) is 0 Å². The van der Waals surface area contributed by atoms with Crippen LogP contribution in [0.2, 0.25) is 0 Å². The van der Waals surface area contributed by atoms with Gasteiger partial charge >= 0.3 is 5.97 Å². The van der Waals surface area contributed by atoms with E-state index in [4.69, 9.17) is 4.74 Å². The monoisotopic (exact) mass is 341 g/mol. The molecule has 0 aliphatic rings. The van der Waals surface area contributed by atoms with Crippen LogP contribution < -0.4 is 5.32 Å². The minimum atomic E-state index is -1.11. The normalized spacial score (nSPS) is 11.8. The van der Waals surface area contributed by atoms with Crippen molar-refractivity contribution in [2.24, 2.45) is 0 Å². The summed E-state index contributed by atoms with van der Waals surface area (Å²) in [6.45, 7) is 4.07. The summed E-state index contributed by atoms with van der Waals surface area (Å²) in [5.41, 5.74) is 3.09. The van der Waals surface area contributed by atoms with Gasteiger partial charge in [-0.05, 0) is 30.0 Å². The van der Waals surface area contributed by atoms with Crippen LogP contribution in [0.25, 0.3) is 11.1 Å². The summed E-state index contributed by atoms with van der Waals surface area (Å²) >= 11 is 0. The number of aliphatic carboxylic acids is 1. The van der Waals surface area contributed by atoms with E-state index in [1.54, 1.807) is 6.92 Å². The fourth-order valence-electron chi connectivity index (χ4n) is 2.66. The molecule has 0 radical (unpaired) electrons. The summed E-state index contributed by atoms with van der Waals surface area (Å²) in [5.74, 6) is -1.51. The number of rotatable bonds is 8. The van der Waals surface area contributed by atoms with Crippen molar-refractivity contribution >= 4 is 11.9 Å². The van der Waals surface area contributed by atoms with E-state index >= 15 is 0 Å². The lowest BCUT2D eigenvalue weighted by molar-refractivity contribution is -0.140. The van der Waals surface area contributed by atoms with Crippen molar-refractivity contribution in [3.05, 3.63) is 59.7 Å². The summed E-state index contributed by atoms with van der Waals surface area (Å²) in [6, 6.07) is 14.2. The Balaban J connectivity index is 2.39. The van der Waals surface area contributed by atoms with E-state index in [0.29, 0.717) is 18.6 Å². The molecule has 2 aromatic carbocycles. The highest BCUT2D eigenvalue weighted by molar-refractivity contribution is 6.03. The molecule has 0 aromatic heterocycles. The van der Waals surface area contributed by atoms with Crippen LogP contribution >= 0.6 is 0 Å². The molecule has 2 aromatic rings. The molecular weight excluding hydrogens is 318 g/mol. The number of nitrogens with one attached hydrogen (secondary N) is 1. The van der Waals surface area contributed by atoms with Gasteiger partial charge in [-0.1, -0.05) is 55.5 Å². The van der Waals surface area contributed by atoms with Crippen LogP contribution in [-0.4, -0.2) is 36.2 Å². The maximum Gasteiger partial charge on any atom is 0.328 e. The Labute approximate surface area is 147 Å². The molecule has 2 rings (SSSR count). The maximum absolute atomic E-state index is 12.9. The molecule has 0 bridgehead atoms. The van der Waals surface area contributed by atoms with Gasteiger partial charge in [0.25, 0.3) is 5.91 Å². The Bertz CT molecular complexity index is 728. The zero-order chi connectivity index (χ0) is 18.2. The van der Waals surface area contributed by atoms with Gasteiger partial charge in [0.1, 0.15) is 0 Å². The van der Waals surface area contributed by atoms with Crippen molar-refractivity contribution < 1.29 is 19.4 Å². The van der Waals surface area contributed by atoms with Crippen LogP contribution in [-0.2, 0) is 16.0 Å². The fraction of sp³-hybridized carbons (Fsp3) is 0.300. The zero-order valence-corrected chi connectivity index (χ0v) is 14.5. The highest BCUT2D eigenvalue weighted by Gasteiger charge is 2.24. The van der Waals surface area contributed by atoms with E-state index in [1.165, 1.54) is 0 Å². The van der Waals surface area contributed by atoms with Crippen molar-refractivity contribution in [3.63, 3.8) is 0 Å². The number of carboxylic acids is 1. The minimum Gasteiger partial charge on any atom is -0.480 e. The molecule has 0 fully saturated rings. The second-order valence-electron chi connectivity index (χ2n) is 5.58. The molecular formula is C20H23NO4. The molecule has 132 valence electrons. The van der Waals surface area contributed by atoms with E-state index in [-0.39, 0.29) is 6.61 Å². The number of carbonyl (C=O) groups excluding carboxylic acids is 1. The Kier molecular flexibility index (Phi) is 6.71. The lowest BCUT2D eigenvalue weighted by atomic mass is 9.93. The Morgan fingerprint density at radius 1 is 1.08 bits per heavy atom. The summed E-state index contributed by atoms with van der Waals surface area (Å²) < 4.78 is 5.17. The average Bonchev–Trinajstić information content (AvgIpc) is 2.64. The smallest absolute Gasteiger partial charge is 0.328 e. The second kappa shape index (κ2) is 8.99. The van der Waals surface area contributed by atoms with Crippen molar-refractivity contribution in [2.75, 3.05) is 13.2 Å². The van der Waals surface area contributed by atoms with Gasteiger partial charge < -0.3 is 15.2 Å². The van der Waals surface area contributed by atoms with Crippen LogP contribution in [0.3, 0.4) is 0 Å². The Morgan fingerprint density at radius 3 is 2.40 bits per heavy atom. The number of carboxylic acid groups (broad SMARTS) is 1. The zero-order valence-electron chi connectivity index (χ0n) is 14.5. The molecule has 0 spiro atoms. The number of hydrogen-bond acceptors (Lipinski definition) is 3. The molecule has 5 heteroatoms. The average molecular weight is 341 g/mol. The van der Waals surface area contributed by atoms with Crippen LogP contribution in [0.5, 0.6) is 0 Å². The predicted molar refractivity (Wildman–Crippen MR) is 96.6 cm³/mol. The van der Waals surface area contributed by atoms with Gasteiger partial charge in [-0.15, -0.1) is 0 Å². The van der Waals surface area contributed by atoms with E-state index in [1.807, 2.05) is 55.5 Å². The number of carbonyl (C=O) groups is 2. The predicted octanol–water partition coefficient (Wildman–Crippen LogP) is 3.14.